The maximum absolute atomic E-state index is 4.49. The van der Waals surface area contributed by atoms with Crippen molar-refractivity contribution in [3.8, 4) is 0 Å². The van der Waals surface area contributed by atoms with Gasteiger partial charge in [-0.15, -0.1) is 0 Å². The van der Waals surface area contributed by atoms with E-state index in [1.807, 2.05) is 20.0 Å². The molecule has 0 saturated carbocycles. The molecule has 0 bridgehead atoms. The molecule has 0 spiro atoms. The predicted molar refractivity (Wildman–Crippen MR) is 68.7 cm³/mol. The van der Waals surface area contributed by atoms with Gasteiger partial charge >= 0.3 is 0 Å². The van der Waals surface area contributed by atoms with Crippen LogP contribution in [0.5, 0.6) is 0 Å². The molecule has 0 aliphatic rings. The zero-order valence-electron chi connectivity index (χ0n) is 11.0. The van der Waals surface area contributed by atoms with Gasteiger partial charge in [0.2, 0.25) is 0 Å². The summed E-state index contributed by atoms with van der Waals surface area (Å²) in [5, 5.41) is 3.44. The molecule has 0 saturated heterocycles. The summed E-state index contributed by atoms with van der Waals surface area (Å²) in [7, 11) is 0. The first-order valence-electron chi connectivity index (χ1n) is 6.15. The van der Waals surface area contributed by atoms with E-state index in [1.165, 1.54) is 12.8 Å². The largest absolute Gasteiger partial charge is 0.366 e. The first kappa shape index (κ1) is 12.9. The van der Waals surface area contributed by atoms with Crippen molar-refractivity contribution >= 4 is 5.82 Å². The van der Waals surface area contributed by atoms with Gasteiger partial charge in [0.15, 0.2) is 0 Å². The Morgan fingerprint density at radius 1 is 1.19 bits per heavy atom. The zero-order chi connectivity index (χ0) is 12.1. The van der Waals surface area contributed by atoms with Gasteiger partial charge in [-0.2, -0.15) is 0 Å². The average Bonchev–Trinajstić information content (AvgIpc) is 2.25. The molecule has 0 aromatic carbocycles. The van der Waals surface area contributed by atoms with Crippen molar-refractivity contribution in [3.63, 3.8) is 0 Å². The van der Waals surface area contributed by atoms with E-state index in [0.717, 1.165) is 17.2 Å². The first-order chi connectivity index (χ1) is 7.58. The molecule has 1 atom stereocenters. The van der Waals surface area contributed by atoms with Crippen LogP contribution in [0.4, 0.5) is 5.82 Å². The molecule has 0 fully saturated rings. The minimum Gasteiger partial charge on any atom is -0.366 e. The molecular formula is C13H23N3. The van der Waals surface area contributed by atoms with Gasteiger partial charge in [0.05, 0.1) is 17.6 Å². The van der Waals surface area contributed by atoms with Crippen molar-refractivity contribution < 1.29 is 0 Å². The number of hydrogen-bond acceptors (Lipinski definition) is 3. The Morgan fingerprint density at radius 3 is 2.31 bits per heavy atom. The van der Waals surface area contributed by atoms with Gasteiger partial charge in [-0.25, -0.2) is 4.98 Å². The van der Waals surface area contributed by atoms with Gasteiger partial charge in [-0.1, -0.05) is 26.7 Å². The normalized spacial score (nSPS) is 12.9. The molecule has 1 rings (SSSR count). The SMILES string of the molecule is CCC(CC)C(C)Nc1cnc(C)c(C)n1. The lowest BCUT2D eigenvalue weighted by Gasteiger charge is -2.23. The molecule has 0 amide bonds. The minimum atomic E-state index is 0.450. The molecule has 16 heavy (non-hydrogen) atoms. The second-order valence-corrected chi connectivity index (χ2v) is 4.44. The third-order valence-corrected chi connectivity index (χ3v) is 3.32. The van der Waals surface area contributed by atoms with E-state index in [2.05, 4.69) is 36.1 Å². The van der Waals surface area contributed by atoms with Gasteiger partial charge < -0.3 is 5.32 Å². The number of nitrogens with one attached hydrogen (secondary N) is 1. The molecule has 0 aliphatic carbocycles. The summed E-state index contributed by atoms with van der Waals surface area (Å²) in [6, 6.07) is 0.450. The summed E-state index contributed by atoms with van der Waals surface area (Å²) in [4.78, 5) is 8.81. The third-order valence-electron chi connectivity index (χ3n) is 3.32. The van der Waals surface area contributed by atoms with Crippen molar-refractivity contribution in [1.82, 2.24) is 9.97 Å². The highest BCUT2D eigenvalue weighted by Crippen LogP contribution is 2.16. The van der Waals surface area contributed by atoms with E-state index < -0.39 is 0 Å². The fourth-order valence-corrected chi connectivity index (χ4v) is 1.96. The van der Waals surface area contributed by atoms with Crippen molar-refractivity contribution in [1.29, 1.82) is 0 Å². The molecule has 3 nitrogen and oxygen atoms in total. The van der Waals surface area contributed by atoms with Gasteiger partial charge in [-0.05, 0) is 26.7 Å². The highest BCUT2D eigenvalue weighted by Gasteiger charge is 2.13. The fraction of sp³-hybridized carbons (Fsp3) is 0.692. The minimum absolute atomic E-state index is 0.450. The lowest BCUT2D eigenvalue weighted by molar-refractivity contribution is 0.437. The van der Waals surface area contributed by atoms with Crippen LogP contribution >= 0.6 is 0 Å². The molecule has 0 aliphatic heterocycles. The van der Waals surface area contributed by atoms with Crippen LogP contribution < -0.4 is 5.32 Å². The molecule has 3 heteroatoms. The molecular weight excluding hydrogens is 198 g/mol. The Bertz CT molecular complexity index is 332. The average molecular weight is 221 g/mol. The second kappa shape index (κ2) is 5.83. The Morgan fingerprint density at radius 2 is 1.81 bits per heavy atom. The summed E-state index contributed by atoms with van der Waals surface area (Å²) in [6.45, 7) is 10.7. The molecule has 1 aromatic rings. The predicted octanol–water partition coefficient (Wildman–Crippen LogP) is 3.33. The van der Waals surface area contributed by atoms with Gasteiger partial charge in [-0.3, -0.25) is 4.98 Å². The van der Waals surface area contributed by atoms with Crippen LogP contribution in [0, 0.1) is 19.8 Å². The standard InChI is InChI=1S/C13H23N3/c1-6-12(7-2)11(5)16-13-8-14-9(3)10(4)15-13/h8,11-12H,6-7H2,1-5H3,(H,15,16). The summed E-state index contributed by atoms with van der Waals surface area (Å²) in [5.74, 6) is 1.59. The molecule has 1 aromatic heterocycles. The monoisotopic (exact) mass is 221 g/mol. The van der Waals surface area contributed by atoms with Crippen LogP contribution in [0.15, 0.2) is 6.20 Å². The van der Waals surface area contributed by atoms with Crippen LogP contribution in [0.2, 0.25) is 0 Å². The van der Waals surface area contributed by atoms with E-state index in [1.54, 1.807) is 0 Å². The van der Waals surface area contributed by atoms with Crippen molar-refractivity contribution in [2.24, 2.45) is 5.92 Å². The number of aromatic nitrogens is 2. The van der Waals surface area contributed by atoms with Crippen LogP contribution in [0.25, 0.3) is 0 Å². The number of anilines is 1. The maximum Gasteiger partial charge on any atom is 0.145 e. The van der Waals surface area contributed by atoms with Gasteiger partial charge in [0.25, 0.3) is 0 Å². The van der Waals surface area contributed by atoms with E-state index in [0.29, 0.717) is 12.0 Å². The summed E-state index contributed by atoms with van der Waals surface area (Å²) in [6.07, 6.45) is 4.22. The zero-order valence-corrected chi connectivity index (χ0v) is 11.0. The fourth-order valence-electron chi connectivity index (χ4n) is 1.96. The number of rotatable bonds is 5. The van der Waals surface area contributed by atoms with Crippen LogP contribution in [0.3, 0.4) is 0 Å². The smallest absolute Gasteiger partial charge is 0.145 e. The van der Waals surface area contributed by atoms with Gasteiger partial charge in [0.1, 0.15) is 5.82 Å². The summed E-state index contributed by atoms with van der Waals surface area (Å²) < 4.78 is 0. The molecule has 0 radical (unpaired) electrons. The summed E-state index contributed by atoms with van der Waals surface area (Å²) >= 11 is 0. The number of hydrogen-bond donors (Lipinski definition) is 1. The maximum atomic E-state index is 4.49. The number of aryl methyl sites for hydroxylation is 2. The topological polar surface area (TPSA) is 37.8 Å². The quantitative estimate of drug-likeness (QED) is 0.828. The van der Waals surface area contributed by atoms with E-state index >= 15 is 0 Å². The lowest BCUT2D eigenvalue weighted by atomic mass is 9.95. The second-order valence-electron chi connectivity index (χ2n) is 4.44. The Labute approximate surface area is 98.7 Å². The molecule has 90 valence electrons. The van der Waals surface area contributed by atoms with Crippen LogP contribution in [-0.4, -0.2) is 16.0 Å². The van der Waals surface area contributed by atoms with Crippen molar-refractivity contribution in [2.45, 2.75) is 53.5 Å². The van der Waals surface area contributed by atoms with Crippen molar-refractivity contribution in [3.05, 3.63) is 17.6 Å². The number of nitrogens with zero attached hydrogens (tertiary/aromatic N) is 2. The molecule has 1 heterocycles. The third kappa shape index (κ3) is 3.19. The van der Waals surface area contributed by atoms with E-state index in [9.17, 15) is 0 Å². The van der Waals surface area contributed by atoms with Crippen LogP contribution in [-0.2, 0) is 0 Å². The van der Waals surface area contributed by atoms with Crippen LogP contribution in [0.1, 0.15) is 45.0 Å². The Kier molecular flexibility index (Phi) is 4.71. The highest BCUT2D eigenvalue weighted by atomic mass is 15.0. The Balaban J connectivity index is 2.69. The molecule has 1 unspecified atom stereocenters. The van der Waals surface area contributed by atoms with Gasteiger partial charge in [0, 0.05) is 6.04 Å². The van der Waals surface area contributed by atoms with E-state index in [-0.39, 0.29) is 0 Å². The Hall–Kier alpha value is -1.12. The first-order valence-corrected chi connectivity index (χ1v) is 6.15. The van der Waals surface area contributed by atoms with Crippen molar-refractivity contribution in [2.75, 3.05) is 5.32 Å². The molecule has 1 N–H and O–H groups in total. The summed E-state index contributed by atoms with van der Waals surface area (Å²) in [5.41, 5.74) is 2.00. The van der Waals surface area contributed by atoms with E-state index in [4.69, 9.17) is 0 Å². The highest BCUT2D eigenvalue weighted by molar-refractivity contribution is 5.34. The lowest BCUT2D eigenvalue weighted by Crippen LogP contribution is -2.25.